The van der Waals surface area contributed by atoms with Crippen LogP contribution in [0.3, 0.4) is 0 Å². The van der Waals surface area contributed by atoms with Gasteiger partial charge in [-0.2, -0.15) is 0 Å². The van der Waals surface area contributed by atoms with E-state index in [1.807, 2.05) is 30.1 Å². The van der Waals surface area contributed by atoms with Gasteiger partial charge in [0.2, 0.25) is 0 Å². The molecule has 2 aliphatic heterocycles. The third-order valence-electron chi connectivity index (χ3n) is 5.54. The van der Waals surface area contributed by atoms with E-state index in [4.69, 9.17) is 10.4 Å². The number of hydrogen-bond acceptors (Lipinski definition) is 4. The van der Waals surface area contributed by atoms with Crippen molar-refractivity contribution in [2.75, 3.05) is 24.5 Å². The summed E-state index contributed by atoms with van der Waals surface area (Å²) in [6, 6.07) is 6.25. The Balaban J connectivity index is 1.64. The van der Waals surface area contributed by atoms with Gasteiger partial charge in [-0.15, -0.1) is 0 Å². The fourth-order valence-electron chi connectivity index (χ4n) is 3.95. The van der Waals surface area contributed by atoms with Gasteiger partial charge in [-0.25, -0.2) is 4.98 Å². The van der Waals surface area contributed by atoms with Crippen LogP contribution in [0.25, 0.3) is 5.70 Å². The molecule has 0 radical (unpaired) electrons. The average molecular weight is 349 g/mol. The molecule has 0 aromatic carbocycles. The second kappa shape index (κ2) is 6.98. The molecule has 0 saturated carbocycles. The van der Waals surface area contributed by atoms with Crippen LogP contribution < -0.4 is 10.4 Å². The highest BCUT2D eigenvalue weighted by Crippen LogP contribution is 2.33. The average Bonchev–Trinajstić information content (AvgIpc) is 2.69. The molecule has 0 unspecified atom stereocenters. The number of likely N-dealkylation sites (tertiary alicyclic amines) is 1. The first kappa shape index (κ1) is 16.9. The summed E-state index contributed by atoms with van der Waals surface area (Å²) in [6.45, 7) is 7.50. The van der Waals surface area contributed by atoms with Crippen LogP contribution in [0.5, 0.6) is 0 Å². The fraction of sp³-hybridized carbons (Fsp3) is 0.429. The Morgan fingerprint density at radius 2 is 1.92 bits per heavy atom. The maximum atomic E-state index is 8.07. The number of anilines is 2. The zero-order chi connectivity index (χ0) is 18.1. The van der Waals surface area contributed by atoms with Crippen LogP contribution in [0, 0.1) is 5.41 Å². The lowest BCUT2D eigenvalue weighted by Gasteiger charge is -2.33. The highest BCUT2D eigenvalue weighted by atomic mass is 15.2. The summed E-state index contributed by atoms with van der Waals surface area (Å²) in [7, 11) is 1.90. The standard InChI is InChI=1S/C21H27N5/c1-16(25-9-4-3-5-10-25)18-13-17-7-6-11-26(21(17)23-15-18)19-8-12-24(2)20(22)14-19/h8,12-15,22H,1,3-7,9-11H2,2H3. The van der Waals surface area contributed by atoms with Gasteiger partial charge in [0.1, 0.15) is 11.3 Å². The number of piperidine rings is 1. The van der Waals surface area contributed by atoms with Crippen molar-refractivity contribution in [2.24, 2.45) is 7.05 Å². The maximum Gasteiger partial charge on any atom is 0.136 e. The van der Waals surface area contributed by atoms with E-state index in [9.17, 15) is 0 Å². The highest BCUT2D eigenvalue weighted by molar-refractivity contribution is 5.68. The van der Waals surface area contributed by atoms with E-state index in [1.165, 1.54) is 24.8 Å². The van der Waals surface area contributed by atoms with Gasteiger partial charge in [-0.3, -0.25) is 5.41 Å². The van der Waals surface area contributed by atoms with Gasteiger partial charge in [0.25, 0.3) is 0 Å². The predicted octanol–water partition coefficient (Wildman–Crippen LogP) is 3.44. The second-order valence-corrected chi connectivity index (χ2v) is 7.34. The van der Waals surface area contributed by atoms with E-state index < -0.39 is 0 Å². The molecule has 0 spiro atoms. The van der Waals surface area contributed by atoms with E-state index in [-0.39, 0.29) is 0 Å². The highest BCUT2D eigenvalue weighted by Gasteiger charge is 2.22. The van der Waals surface area contributed by atoms with Gasteiger partial charge in [-0.1, -0.05) is 6.58 Å². The van der Waals surface area contributed by atoms with Crippen LogP contribution in [0.15, 0.2) is 37.2 Å². The van der Waals surface area contributed by atoms with Crippen molar-refractivity contribution < 1.29 is 0 Å². The number of pyridine rings is 2. The van der Waals surface area contributed by atoms with Crippen molar-refractivity contribution in [3.8, 4) is 0 Å². The molecule has 0 amide bonds. The Labute approximate surface area is 155 Å². The third-order valence-corrected chi connectivity index (χ3v) is 5.54. The molecule has 2 aliphatic rings. The number of hydrogen-bond donors (Lipinski definition) is 1. The van der Waals surface area contributed by atoms with Crippen LogP contribution >= 0.6 is 0 Å². The summed E-state index contributed by atoms with van der Waals surface area (Å²) in [4.78, 5) is 9.46. The van der Waals surface area contributed by atoms with Crippen molar-refractivity contribution in [1.29, 1.82) is 5.41 Å². The van der Waals surface area contributed by atoms with E-state index in [2.05, 4.69) is 28.5 Å². The van der Waals surface area contributed by atoms with Crippen molar-refractivity contribution >= 4 is 17.2 Å². The van der Waals surface area contributed by atoms with Gasteiger partial charge in [0.15, 0.2) is 0 Å². The molecule has 2 aromatic heterocycles. The van der Waals surface area contributed by atoms with Crippen molar-refractivity contribution in [2.45, 2.75) is 32.1 Å². The van der Waals surface area contributed by atoms with Crippen LogP contribution in [-0.2, 0) is 13.5 Å². The van der Waals surface area contributed by atoms with Crippen molar-refractivity contribution in [3.05, 3.63) is 53.8 Å². The third kappa shape index (κ3) is 3.14. The van der Waals surface area contributed by atoms with Crippen molar-refractivity contribution in [1.82, 2.24) is 14.5 Å². The van der Waals surface area contributed by atoms with E-state index >= 15 is 0 Å². The first-order valence-corrected chi connectivity index (χ1v) is 9.55. The number of aryl methyl sites for hydroxylation is 2. The Kier molecular flexibility index (Phi) is 4.53. The minimum atomic E-state index is 0.504. The van der Waals surface area contributed by atoms with Crippen LogP contribution in [0.2, 0.25) is 0 Å². The summed E-state index contributed by atoms with van der Waals surface area (Å²) >= 11 is 0. The molecular formula is C21H27N5. The Morgan fingerprint density at radius 3 is 2.69 bits per heavy atom. The molecule has 1 N–H and O–H groups in total. The molecule has 0 atom stereocenters. The van der Waals surface area contributed by atoms with Gasteiger partial charge in [-0.05, 0) is 49.8 Å². The molecule has 4 heterocycles. The first-order valence-electron chi connectivity index (χ1n) is 9.55. The maximum absolute atomic E-state index is 8.07. The van der Waals surface area contributed by atoms with Gasteiger partial charge >= 0.3 is 0 Å². The van der Waals surface area contributed by atoms with Crippen LogP contribution in [-0.4, -0.2) is 34.1 Å². The lowest BCUT2D eigenvalue weighted by atomic mass is 10.0. The molecule has 0 bridgehead atoms. The molecule has 0 aliphatic carbocycles. The molecular weight excluding hydrogens is 322 g/mol. The Morgan fingerprint density at radius 1 is 1.12 bits per heavy atom. The normalized spacial score (nSPS) is 17.1. The Bertz CT molecular complexity index is 876. The SMILES string of the molecule is C=C(c1cnc2c(c1)CCCN2c1ccn(C)c(=N)c1)N1CCCCC1. The summed E-state index contributed by atoms with van der Waals surface area (Å²) in [5.74, 6) is 1.03. The second-order valence-electron chi connectivity index (χ2n) is 7.34. The monoisotopic (exact) mass is 349 g/mol. The van der Waals surface area contributed by atoms with E-state index in [1.54, 1.807) is 0 Å². The largest absolute Gasteiger partial charge is 0.371 e. The number of nitrogens with one attached hydrogen (secondary N) is 1. The fourth-order valence-corrected chi connectivity index (χ4v) is 3.95. The predicted molar refractivity (Wildman–Crippen MR) is 105 cm³/mol. The van der Waals surface area contributed by atoms with Gasteiger partial charge in [0, 0.05) is 62.1 Å². The number of rotatable bonds is 3. The number of fused-ring (bicyclic) bond motifs is 1. The number of nitrogens with zero attached hydrogens (tertiary/aromatic N) is 4. The zero-order valence-electron chi connectivity index (χ0n) is 15.5. The number of aromatic nitrogens is 2. The van der Waals surface area contributed by atoms with Gasteiger partial charge < -0.3 is 14.4 Å². The summed E-state index contributed by atoms with van der Waals surface area (Å²) in [6.07, 6.45) is 9.90. The van der Waals surface area contributed by atoms with Crippen molar-refractivity contribution in [3.63, 3.8) is 0 Å². The molecule has 1 fully saturated rings. The quantitative estimate of drug-likeness (QED) is 0.923. The molecule has 5 nitrogen and oxygen atoms in total. The minimum Gasteiger partial charge on any atom is -0.371 e. The lowest BCUT2D eigenvalue weighted by molar-refractivity contribution is 0.326. The lowest BCUT2D eigenvalue weighted by Crippen LogP contribution is -2.29. The molecule has 5 heteroatoms. The molecule has 4 rings (SSSR count). The zero-order valence-corrected chi connectivity index (χ0v) is 15.5. The first-order chi connectivity index (χ1) is 12.6. The molecule has 136 valence electrons. The molecule has 2 aromatic rings. The van der Waals surface area contributed by atoms with Crippen LogP contribution in [0.4, 0.5) is 11.5 Å². The van der Waals surface area contributed by atoms with E-state index in [0.717, 1.165) is 55.2 Å². The summed E-state index contributed by atoms with van der Waals surface area (Å²) in [5, 5.41) is 8.07. The molecule has 1 saturated heterocycles. The smallest absolute Gasteiger partial charge is 0.136 e. The van der Waals surface area contributed by atoms with Gasteiger partial charge in [0.05, 0.1) is 0 Å². The summed E-state index contributed by atoms with van der Waals surface area (Å²) < 4.78 is 1.81. The Hall–Kier alpha value is -2.56. The minimum absolute atomic E-state index is 0.504. The summed E-state index contributed by atoms with van der Waals surface area (Å²) in [5.41, 5.74) is 5.09. The van der Waals surface area contributed by atoms with Crippen LogP contribution in [0.1, 0.15) is 36.8 Å². The topological polar surface area (TPSA) is 48.2 Å². The van der Waals surface area contributed by atoms with E-state index in [0.29, 0.717) is 5.49 Å². The molecule has 26 heavy (non-hydrogen) atoms.